The minimum absolute atomic E-state index is 0.00358. The Labute approximate surface area is 144 Å². The van der Waals surface area contributed by atoms with E-state index in [1.165, 1.54) is 0 Å². The van der Waals surface area contributed by atoms with Gasteiger partial charge < -0.3 is 10.1 Å². The smallest absolute Gasteiger partial charge is 0.224 e. The van der Waals surface area contributed by atoms with Gasteiger partial charge in [-0.1, -0.05) is 19.8 Å². The van der Waals surface area contributed by atoms with Gasteiger partial charge in [0.25, 0.3) is 0 Å². The summed E-state index contributed by atoms with van der Waals surface area (Å²) in [5.74, 6) is -1.49. The molecule has 24 heavy (non-hydrogen) atoms. The summed E-state index contributed by atoms with van der Waals surface area (Å²) in [5, 5.41) is 3.54. The fourth-order valence-corrected chi connectivity index (χ4v) is 2.69. The third kappa shape index (κ3) is 4.84. The molecule has 0 amide bonds. The second kappa shape index (κ2) is 8.33. The summed E-state index contributed by atoms with van der Waals surface area (Å²) in [6.45, 7) is 3.63. The zero-order valence-electron chi connectivity index (χ0n) is 13.7. The van der Waals surface area contributed by atoms with Crippen LogP contribution in [0.25, 0.3) is 10.9 Å². The molecule has 0 aliphatic carbocycles. The van der Waals surface area contributed by atoms with Crippen molar-refractivity contribution in [3.8, 4) is 0 Å². The lowest BCUT2D eigenvalue weighted by molar-refractivity contribution is -0.117. The van der Waals surface area contributed by atoms with Crippen LogP contribution in [0.4, 0.5) is 14.6 Å². The van der Waals surface area contributed by atoms with Crippen molar-refractivity contribution in [2.24, 2.45) is 0 Å². The van der Waals surface area contributed by atoms with Crippen molar-refractivity contribution >= 4 is 34.1 Å². The van der Waals surface area contributed by atoms with E-state index in [-0.39, 0.29) is 22.6 Å². The maximum atomic E-state index is 13.6. The van der Waals surface area contributed by atoms with Crippen LogP contribution in [0.3, 0.4) is 0 Å². The quantitative estimate of drug-likeness (QED) is 0.684. The van der Waals surface area contributed by atoms with E-state index in [4.69, 9.17) is 11.6 Å². The SMILES string of the molecule is CCCC[C@H](CCC(C)=O)Nc1nc(Cl)nc2cc(F)c(F)cc12. The van der Waals surface area contributed by atoms with Gasteiger partial charge in [-0.2, -0.15) is 0 Å². The molecule has 1 N–H and O–H groups in total. The second-order valence-corrected chi connectivity index (χ2v) is 6.19. The van der Waals surface area contributed by atoms with E-state index in [0.29, 0.717) is 24.0 Å². The van der Waals surface area contributed by atoms with E-state index in [1.54, 1.807) is 6.92 Å². The monoisotopic (exact) mass is 355 g/mol. The first-order chi connectivity index (χ1) is 11.4. The Kier molecular flexibility index (Phi) is 6.43. The van der Waals surface area contributed by atoms with Crippen LogP contribution in [0, 0.1) is 11.6 Å². The van der Waals surface area contributed by atoms with E-state index in [2.05, 4.69) is 22.2 Å². The Hall–Kier alpha value is -1.82. The number of benzene rings is 1. The zero-order valence-corrected chi connectivity index (χ0v) is 14.5. The molecule has 0 radical (unpaired) electrons. The number of halogens is 3. The Morgan fingerprint density at radius 3 is 2.62 bits per heavy atom. The van der Waals surface area contributed by atoms with Crippen molar-refractivity contribution < 1.29 is 13.6 Å². The number of fused-ring (bicyclic) bond motifs is 1. The number of carbonyl (C=O) groups is 1. The summed E-state index contributed by atoms with van der Waals surface area (Å²) < 4.78 is 27.0. The second-order valence-electron chi connectivity index (χ2n) is 5.85. The van der Waals surface area contributed by atoms with Gasteiger partial charge in [-0.25, -0.2) is 18.7 Å². The van der Waals surface area contributed by atoms with Crippen molar-refractivity contribution in [1.82, 2.24) is 9.97 Å². The number of carbonyl (C=O) groups excluding carboxylic acids is 1. The van der Waals surface area contributed by atoms with Gasteiger partial charge in [-0.15, -0.1) is 0 Å². The fraction of sp³-hybridized carbons (Fsp3) is 0.471. The largest absolute Gasteiger partial charge is 0.367 e. The average molecular weight is 356 g/mol. The molecule has 7 heteroatoms. The van der Waals surface area contributed by atoms with E-state index < -0.39 is 11.6 Å². The number of rotatable bonds is 8. The number of ketones is 1. The van der Waals surface area contributed by atoms with E-state index in [9.17, 15) is 13.6 Å². The van der Waals surface area contributed by atoms with E-state index >= 15 is 0 Å². The average Bonchev–Trinajstić information content (AvgIpc) is 2.51. The van der Waals surface area contributed by atoms with Crippen LogP contribution in [0.1, 0.15) is 46.0 Å². The molecule has 0 aliphatic heterocycles. The highest BCUT2D eigenvalue weighted by Gasteiger charge is 2.16. The number of nitrogens with zero attached hydrogens (tertiary/aromatic N) is 2. The normalized spacial score (nSPS) is 12.4. The van der Waals surface area contributed by atoms with Crippen molar-refractivity contribution in [2.45, 2.75) is 52.0 Å². The van der Waals surface area contributed by atoms with Gasteiger partial charge >= 0.3 is 0 Å². The van der Waals surface area contributed by atoms with Crippen molar-refractivity contribution in [1.29, 1.82) is 0 Å². The van der Waals surface area contributed by atoms with Gasteiger partial charge in [0.1, 0.15) is 11.6 Å². The van der Waals surface area contributed by atoms with Gasteiger partial charge in [-0.05, 0) is 37.4 Å². The van der Waals surface area contributed by atoms with Gasteiger partial charge in [0.05, 0.1) is 5.52 Å². The Morgan fingerprint density at radius 1 is 1.25 bits per heavy atom. The van der Waals surface area contributed by atoms with Crippen molar-refractivity contribution in [2.75, 3.05) is 5.32 Å². The predicted octanol–water partition coefficient (Wildman–Crippen LogP) is 4.90. The molecule has 0 bridgehead atoms. The van der Waals surface area contributed by atoms with E-state index in [1.807, 2.05) is 0 Å². The molecule has 4 nitrogen and oxygen atoms in total. The molecule has 0 saturated heterocycles. The molecule has 0 unspecified atom stereocenters. The predicted molar refractivity (Wildman–Crippen MR) is 91.3 cm³/mol. The number of nitrogens with one attached hydrogen (secondary N) is 1. The summed E-state index contributed by atoms with van der Waals surface area (Å²) in [6, 6.07) is 2.06. The Bertz CT molecular complexity index is 739. The Balaban J connectivity index is 2.33. The van der Waals surface area contributed by atoms with Crippen LogP contribution in [0.15, 0.2) is 12.1 Å². The highest BCUT2D eigenvalue weighted by atomic mass is 35.5. The molecular formula is C17H20ClF2N3O. The third-order valence-electron chi connectivity index (χ3n) is 3.80. The molecule has 2 rings (SSSR count). The van der Waals surface area contributed by atoms with Gasteiger partial charge in [0.15, 0.2) is 11.6 Å². The number of anilines is 1. The number of aromatic nitrogens is 2. The van der Waals surface area contributed by atoms with Crippen molar-refractivity contribution in [3.63, 3.8) is 0 Å². The van der Waals surface area contributed by atoms with Gasteiger partial charge in [0.2, 0.25) is 5.28 Å². The van der Waals surface area contributed by atoms with Crippen LogP contribution in [0.2, 0.25) is 5.28 Å². The van der Waals surface area contributed by atoms with E-state index in [0.717, 1.165) is 31.4 Å². The molecule has 1 aromatic carbocycles. The molecular weight excluding hydrogens is 336 g/mol. The summed E-state index contributed by atoms with van der Waals surface area (Å²) >= 11 is 5.90. The molecule has 1 atom stereocenters. The summed E-state index contributed by atoms with van der Waals surface area (Å²) in [5.41, 5.74) is 0.234. The lowest BCUT2D eigenvalue weighted by atomic mass is 10.0. The van der Waals surface area contributed by atoms with Crippen LogP contribution in [0.5, 0.6) is 0 Å². The minimum Gasteiger partial charge on any atom is -0.367 e. The van der Waals surface area contributed by atoms with Crippen LogP contribution in [-0.4, -0.2) is 21.8 Å². The first-order valence-corrected chi connectivity index (χ1v) is 8.36. The maximum Gasteiger partial charge on any atom is 0.224 e. The standard InChI is InChI=1S/C17H20ClF2N3O/c1-3-4-5-11(7-6-10(2)24)21-16-12-8-13(19)14(20)9-15(12)22-17(18)23-16/h8-9,11H,3-7H2,1-2H3,(H,21,22,23)/t11-/m1/s1. The third-order valence-corrected chi connectivity index (χ3v) is 3.97. The summed E-state index contributed by atoms with van der Waals surface area (Å²) in [7, 11) is 0. The molecule has 0 saturated carbocycles. The first kappa shape index (κ1) is 18.5. The molecule has 0 aliphatic rings. The molecule has 2 aromatic rings. The lowest BCUT2D eigenvalue weighted by Crippen LogP contribution is -2.21. The topological polar surface area (TPSA) is 54.9 Å². The number of Topliss-reactive ketones (excluding diaryl/α,β-unsaturated/α-hetero) is 1. The summed E-state index contributed by atoms with van der Waals surface area (Å²) in [4.78, 5) is 19.3. The molecule has 0 spiro atoms. The van der Waals surface area contributed by atoms with Gasteiger partial charge in [-0.3, -0.25) is 0 Å². The number of hydrogen-bond acceptors (Lipinski definition) is 4. The van der Waals surface area contributed by atoms with Crippen LogP contribution in [-0.2, 0) is 4.79 Å². The molecule has 1 aromatic heterocycles. The first-order valence-electron chi connectivity index (χ1n) is 7.99. The van der Waals surface area contributed by atoms with Crippen LogP contribution >= 0.6 is 11.6 Å². The fourth-order valence-electron chi connectivity index (χ4n) is 2.52. The number of hydrogen-bond donors (Lipinski definition) is 1. The highest BCUT2D eigenvalue weighted by Crippen LogP contribution is 2.26. The lowest BCUT2D eigenvalue weighted by Gasteiger charge is -2.20. The molecule has 1 heterocycles. The highest BCUT2D eigenvalue weighted by molar-refractivity contribution is 6.28. The zero-order chi connectivity index (χ0) is 17.7. The molecule has 0 fully saturated rings. The Morgan fingerprint density at radius 2 is 1.96 bits per heavy atom. The minimum atomic E-state index is -0.984. The maximum absolute atomic E-state index is 13.6. The van der Waals surface area contributed by atoms with Crippen molar-refractivity contribution in [3.05, 3.63) is 29.1 Å². The van der Waals surface area contributed by atoms with Crippen LogP contribution < -0.4 is 5.32 Å². The van der Waals surface area contributed by atoms with Gasteiger partial charge in [0, 0.05) is 23.9 Å². The summed E-state index contributed by atoms with van der Waals surface area (Å²) in [6.07, 6.45) is 3.93. The molecule has 130 valence electrons. The number of unbranched alkanes of at least 4 members (excludes halogenated alkanes) is 1.